The normalized spacial score (nSPS) is 17.2. The molecule has 0 atom stereocenters. The summed E-state index contributed by atoms with van der Waals surface area (Å²) >= 11 is 0. The van der Waals surface area contributed by atoms with Crippen LogP contribution in [-0.2, 0) is 0 Å². The maximum atomic E-state index is 9.94. The second-order valence-electron chi connectivity index (χ2n) is 2.48. The Morgan fingerprint density at radius 2 is 2.50 bits per heavy atom. The van der Waals surface area contributed by atoms with Gasteiger partial charge in [-0.3, -0.25) is 4.68 Å². The lowest BCUT2D eigenvalue weighted by atomic mass is 10.6. The van der Waals surface area contributed by atoms with Crippen molar-refractivity contribution in [3.05, 3.63) is 17.2 Å². The molecule has 0 aromatic carbocycles. The third kappa shape index (κ3) is 0.814. The fourth-order valence-electron chi connectivity index (χ4n) is 0.919. The summed E-state index contributed by atoms with van der Waals surface area (Å²) in [6.07, 6.45) is 4.16. The Morgan fingerprint density at radius 1 is 1.70 bits per heavy atom. The van der Waals surface area contributed by atoms with E-state index in [1.165, 1.54) is 12.8 Å². The highest BCUT2D eigenvalue weighted by Crippen LogP contribution is 2.34. The van der Waals surface area contributed by atoms with E-state index in [-0.39, 0.29) is 5.82 Å². The number of nitrogens with zero attached hydrogens (tertiary/aromatic N) is 3. The summed E-state index contributed by atoms with van der Waals surface area (Å²) in [5.74, 6) is 0.284. The van der Waals surface area contributed by atoms with E-state index in [1.807, 2.05) is 0 Å². The largest absolute Gasteiger partial charge is 0.267 e. The van der Waals surface area contributed by atoms with Gasteiger partial charge in [-0.05, 0) is 18.0 Å². The third-order valence-electron chi connectivity index (χ3n) is 1.61. The van der Waals surface area contributed by atoms with Gasteiger partial charge >= 0.3 is 0 Å². The van der Waals surface area contributed by atoms with Gasteiger partial charge in [-0.25, -0.2) is 0 Å². The second kappa shape index (κ2) is 1.90. The predicted molar refractivity (Wildman–Crippen MR) is 36.0 cm³/mol. The van der Waals surface area contributed by atoms with Crippen LogP contribution in [-0.4, -0.2) is 9.78 Å². The Balaban J connectivity index is 2.26. The van der Waals surface area contributed by atoms with Crippen molar-refractivity contribution in [2.45, 2.75) is 18.9 Å². The Hall–Kier alpha value is -1.19. The second-order valence-corrected chi connectivity index (χ2v) is 2.48. The first-order chi connectivity index (χ1) is 4.90. The van der Waals surface area contributed by atoms with Gasteiger partial charge in [-0.15, -0.1) is 10.0 Å². The Kier molecular flexibility index (Phi) is 1.06. The molecule has 0 spiro atoms. The van der Waals surface area contributed by atoms with Crippen molar-refractivity contribution in [2.24, 2.45) is 5.18 Å². The zero-order valence-corrected chi connectivity index (χ0v) is 5.40. The van der Waals surface area contributed by atoms with E-state index in [9.17, 15) is 4.91 Å². The quantitative estimate of drug-likeness (QED) is 0.581. The topological polar surface area (TPSA) is 47.2 Å². The zero-order chi connectivity index (χ0) is 6.97. The predicted octanol–water partition coefficient (Wildman–Crippen LogP) is 1.62. The molecular weight excluding hydrogens is 130 g/mol. The molecular formula is C6H7N3O. The lowest BCUT2D eigenvalue weighted by Gasteiger charge is -1.91. The molecule has 1 aromatic heterocycles. The molecule has 0 bridgehead atoms. The molecule has 52 valence electrons. The fourth-order valence-corrected chi connectivity index (χ4v) is 0.919. The van der Waals surface area contributed by atoms with E-state index in [4.69, 9.17) is 0 Å². The molecule has 0 radical (unpaired) electrons. The van der Waals surface area contributed by atoms with Crippen LogP contribution < -0.4 is 0 Å². The van der Waals surface area contributed by atoms with Gasteiger partial charge in [0, 0.05) is 12.3 Å². The van der Waals surface area contributed by atoms with Crippen LogP contribution in [0.3, 0.4) is 0 Å². The fraction of sp³-hybridized carbons (Fsp3) is 0.500. The molecule has 0 unspecified atom stereocenters. The first kappa shape index (κ1) is 5.58. The van der Waals surface area contributed by atoms with Crippen molar-refractivity contribution in [3.8, 4) is 0 Å². The first-order valence-electron chi connectivity index (χ1n) is 3.28. The molecule has 0 aliphatic heterocycles. The highest BCUT2D eigenvalue weighted by atomic mass is 16.3. The molecule has 4 heteroatoms. The average Bonchev–Trinajstić information content (AvgIpc) is 2.70. The van der Waals surface area contributed by atoms with Crippen LogP contribution in [0.4, 0.5) is 5.82 Å². The molecule has 1 fully saturated rings. The van der Waals surface area contributed by atoms with Gasteiger partial charge in [-0.1, -0.05) is 0 Å². The summed E-state index contributed by atoms with van der Waals surface area (Å²) in [4.78, 5) is 9.94. The number of hydrogen-bond donors (Lipinski definition) is 0. The number of nitroso groups, excluding NO2 is 1. The molecule has 1 heterocycles. The molecule has 1 aromatic rings. The Bertz CT molecular complexity index is 251. The van der Waals surface area contributed by atoms with E-state index in [1.54, 1.807) is 16.9 Å². The number of rotatable bonds is 2. The molecule has 10 heavy (non-hydrogen) atoms. The lowest BCUT2D eigenvalue weighted by molar-refractivity contribution is 0.643. The summed E-state index contributed by atoms with van der Waals surface area (Å²) in [6, 6.07) is 2.17. The van der Waals surface area contributed by atoms with Crippen molar-refractivity contribution in [3.63, 3.8) is 0 Å². The smallest absolute Gasteiger partial charge is 0.217 e. The molecule has 2 rings (SSSR count). The van der Waals surface area contributed by atoms with Crippen LogP contribution in [0.5, 0.6) is 0 Å². The Morgan fingerprint density at radius 3 is 3.00 bits per heavy atom. The van der Waals surface area contributed by atoms with Crippen molar-refractivity contribution in [1.82, 2.24) is 9.78 Å². The highest BCUT2D eigenvalue weighted by Gasteiger charge is 2.24. The summed E-state index contributed by atoms with van der Waals surface area (Å²) < 4.78 is 1.80. The van der Waals surface area contributed by atoms with E-state index in [0.29, 0.717) is 6.04 Å². The van der Waals surface area contributed by atoms with Crippen molar-refractivity contribution in [2.75, 3.05) is 0 Å². The molecule has 1 aliphatic carbocycles. The van der Waals surface area contributed by atoms with Gasteiger partial charge in [0.25, 0.3) is 0 Å². The van der Waals surface area contributed by atoms with Crippen LogP contribution in [0.2, 0.25) is 0 Å². The van der Waals surface area contributed by atoms with E-state index < -0.39 is 0 Å². The van der Waals surface area contributed by atoms with Crippen LogP contribution in [0.1, 0.15) is 18.9 Å². The molecule has 0 amide bonds. The van der Waals surface area contributed by atoms with Gasteiger partial charge in [0.05, 0.1) is 6.04 Å². The van der Waals surface area contributed by atoms with Gasteiger partial charge in [-0.2, -0.15) is 0 Å². The van der Waals surface area contributed by atoms with Crippen molar-refractivity contribution >= 4 is 5.82 Å². The summed E-state index contributed by atoms with van der Waals surface area (Å²) in [6.45, 7) is 0. The summed E-state index contributed by atoms with van der Waals surface area (Å²) in [5, 5.41) is 6.65. The van der Waals surface area contributed by atoms with Crippen LogP contribution in [0.25, 0.3) is 0 Å². The SMILES string of the molecule is O=Nc1ccn(C2CC2)n1. The van der Waals surface area contributed by atoms with E-state index >= 15 is 0 Å². The van der Waals surface area contributed by atoms with E-state index in [0.717, 1.165) is 0 Å². The van der Waals surface area contributed by atoms with Crippen molar-refractivity contribution < 1.29 is 0 Å². The summed E-state index contributed by atoms with van der Waals surface area (Å²) in [7, 11) is 0. The lowest BCUT2D eigenvalue weighted by Crippen LogP contribution is -1.92. The maximum Gasteiger partial charge on any atom is 0.217 e. The highest BCUT2D eigenvalue weighted by molar-refractivity contribution is 5.23. The third-order valence-corrected chi connectivity index (χ3v) is 1.61. The minimum atomic E-state index is 0.284. The monoisotopic (exact) mass is 137 g/mol. The number of aromatic nitrogens is 2. The van der Waals surface area contributed by atoms with Crippen LogP contribution in [0, 0.1) is 4.91 Å². The summed E-state index contributed by atoms with van der Waals surface area (Å²) in [5.41, 5.74) is 0. The van der Waals surface area contributed by atoms with Crippen LogP contribution in [0.15, 0.2) is 17.4 Å². The standard InChI is InChI=1S/C6H7N3O/c10-8-6-3-4-9(7-6)5-1-2-5/h3-5H,1-2H2. The molecule has 1 saturated carbocycles. The first-order valence-corrected chi connectivity index (χ1v) is 3.28. The molecule has 4 nitrogen and oxygen atoms in total. The van der Waals surface area contributed by atoms with Crippen molar-refractivity contribution in [1.29, 1.82) is 0 Å². The van der Waals surface area contributed by atoms with Gasteiger partial charge in [0.15, 0.2) is 0 Å². The molecule has 1 aliphatic rings. The van der Waals surface area contributed by atoms with Gasteiger partial charge < -0.3 is 0 Å². The minimum absolute atomic E-state index is 0.284. The van der Waals surface area contributed by atoms with E-state index in [2.05, 4.69) is 10.3 Å². The number of hydrogen-bond acceptors (Lipinski definition) is 3. The zero-order valence-electron chi connectivity index (χ0n) is 5.40. The molecule has 0 N–H and O–H groups in total. The Labute approximate surface area is 57.8 Å². The molecule has 0 saturated heterocycles. The van der Waals surface area contributed by atoms with Gasteiger partial charge in [0.2, 0.25) is 5.82 Å². The van der Waals surface area contributed by atoms with Gasteiger partial charge in [0.1, 0.15) is 0 Å². The van der Waals surface area contributed by atoms with Crippen LogP contribution >= 0.6 is 0 Å². The maximum absolute atomic E-state index is 9.94. The minimum Gasteiger partial charge on any atom is -0.267 e. The average molecular weight is 137 g/mol.